The molecule has 0 unspecified atom stereocenters. The first kappa shape index (κ1) is 16.0. The minimum absolute atomic E-state index is 0.0313. The van der Waals surface area contributed by atoms with Gasteiger partial charge >= 0.3 is 0 Å². The van der Waals surface area contributed by atoms with E-state index in [-0.39, 0.29) is 23.5 Å². The van der Waals surface area contributed by atoms with E-state index < -0.39 is 9.84 Å². The molecule has 1 N–H and O–H groups in total. The Morgan fingerprint density at radius 1 is 1.39 bits per heavy atom. The first-order valence-corrected chi connectivity index (χ1v) is 9.40. The zero-order chi connectivity index (χ0) is 16.4. The van der Waals surface area contributed by atoms with Crippen LogP contribution in [0.2, 0.25) is 0 Å². The van der Waals surface area contributed by atoms with Gasteiger partial charge in [-0.05, 0) is 24.6 Å². The predicted molar refractivity (Wildman–Crippen MR) is 88.3 cm³/mol. The van der Waals surface area contributed by atoms with E-state index in [0.29, 0.717) is 25.1 Å². The lowest BCUT2D eigenvalue weighted by Crippen LogP contribution is -2.35. The average Bonchev–Trinajstić information content (AvgIpc) is 3.07. The summed E-state index contributed by atoms with van der Waals surface area (Å²) in [6, 6.07) is 7.18. The molecule has 3 rings (SSSR count). The molecule has 23 heavy (non-hydrogen) atoms. The molecule has 1 aromatic carbocycles. The first-order valence-electron chi connectivity index (χ1n) is 7.58. The van der Waals surface area contributed by atoms with Crippen LogP contribution in [0.4, 0.5) is 0 Å². The van der Waals surface area contributed by atoms with Crippen LogP contribution < -0.4 is 5.32 Å². The van der Waals surface area contributed by atoms with Gasteiger partial charge in [-0.15, -0.1) is 0 Å². The molecule has 1 amide bonds. The van der Waals surface area contributed by atoms with Crippen molar-refractivity contribution in [2.45, 2.75) is 19.0 Å². The number of amides is 1. The highest BCUT2D eigenvalue weighted by molar-refractivity contribution is 7.91. The Labute approximate surface area is 135 Å². The Kier molecular flexibility index (Phi) is 4.41. The molecule has 0 radical (unpaired) electrons. The maximum atomic E-state index is 12.5. The summed E-state index contributed by atoms with van der Waals surface area (Å²) in [4.78, 5) is 12.5. The topological polar surface area (TPSA) is 77.4 Å². The Balaban J connectivity index is 1.82. The van der Waals surface area contributed by atoms with Crippen molar-refractivity contribution in [2.24, 2.45) is 0 Å². The van der Waals surface area contributed by atoms with Gasteiger partial charge in [-0.1, -0.05) is 6.07 Å². The summed E-state index contributed by atoms with van der Waals surface area (Å²) < 4.78 is 30.1. The highest BCUT2D eigenvalue weighted by atomic mass is 32.2. The van der Waals surface area contributed by atoms with E-state index in [4.69, 9.17) is 4.74 Å². The van der Waals surface area contributed by atoms with Crippen molar-refractivity contribution in [3.05, 3.63) is 36.0 Å². The van der Waals surface area contributed by atoms with E-state index in [2.05, 4.69) is 5.32 Å². The predicted octanol–water partition coefficient (Wildman–Crippen LogP) is 1.20. The zero-order valence-corrected chi connectivity index (χ0v) is 13.8. The Morgan fingerprint density at radius 3 is 2.91 bits per heavy atom. The van der Waals surface area contributed by atoms with Crippen LogP contribution in [0, 0.1) is 0 Å². The standard InChI is InChI=1S/C16H20N2O4S/c1-22-9-8-18-7-5-13-14(3-2-4-15(13)18)16(19)17-12-6-10-23(20,21)11-12/h2-5,7,12H,6,8-11H2,1H3,(H,17,19)/t12-/m1/s1. The fraction of sp³-hybridized carbons (Fsp3) is 0.438. The van der Waals surface area contributed by atoms with E-state index >= 15 is 0 Å². The Bertz CT molecular complexity index is 826. The third-order valence-electron chi connectivity index (χ3n) is 4.16. The SMILES string of the molecule is COCCn1ccc2c(C(=O)N[C@@H]3CCS(=O)(=O)C3)cccc21. The molecule has 1 aliphatic heterocycles. The molecular formula is C16H20N2O4S. The van der Waals surface area contributed by atoms with Gasteiger partial charge in [-0.3, -0.25) is 4.79 Å². The van der Waals surface area contributed by atoms with Crippen molar-refractivity contribution in [1.29, 1.82) is 0 Å². The molecule has 1 saturated heterocycles. The van der Waals surface area contributed by atoms with Gasteiger partial charge in [0.2, 0.25) is 0 Å². The van der Waals surface area contributed by atoms with Crippen LogP contribution in [-0.2, 0) is 21.1 Å². The van der Waals surface area contributed by atoms with E-state index in [9.17, 15) is 13.2 Å². The minimum atomic E-state index is -3.00. The van der Waals surface area contributed by atoms with Crippen molar-refractivity contribution in [1.82, 2.24) is 9.88 Å². The highest BCUT2D eigenvalue weighted by Gasteiger charge is 2.29. The van der Waals surface area contributed by atoms with Gasteiger partial charge in [0, 0.05) is 42.4 Å². The van der Waals surface area contributed by atoms with E-state index in [0.717, 1.165) is 10.9 Å². The van der Waals surface area contributed by atoms with Crippen LogP contribution in [0.1, 0.15) is 16.8 Å². The first-order chi connectivity index (χ1) is 11.0. The summed E-state index contributed by atoms with van der Waals surface area (Å²) in [5.74, 6) is -0.0405. The third-order valence-corrected chi connectivity index (χ3v) is 5.93. The quantitative estimate of drug-likeness (QED) is 0.890. The zero-order valence-electron chi connectivity index (χ0n) is 13.0. The Morgan fingerprint density at radius 2 is 2.22 bits per heavy atom. The van der Waals surface area contributed by atoms with Crippen LogP contribution in [0.25, 0.3) is 10.9 Å². The van der Waals surface area contributed by atoms with Gasteiger partial charge in [0.1, 0.15) is 0 Å². The molecule has 1 fully saturated rings. The van der Waals surface area contributed by atoms with E-state index in [1.54, 1.807) is 13.2 Å². The number of ether oxygens (including phenoxy) is 1. The second-order valence-electron chi connectivity index (χ2n) is 5.81. The van der Waals surface area contributed by atoms with Crippen LogP contribution in [0.15, 0.2) is 30.5 Å². The molecule has 0 bridgehead atoms. The maximum absolute atomic E-state index is 12.5. The lowest BCUT2D eigenvalue weighted by Gasteiger charge is -2.12. The molecule has 0 saturated carbocycles. The smallest absolute Gasteiger partial charge is 0.252 e. The third kappa shape index (κ3) is 3.40. The normalized spacial score (nSPS) is 20.0. The highest BCUT2D eigenvalue weighted by Crippen LogP contribution is 2.21. The summed E-state index contributed by atoms with van der Waals surface area (Å²) >= 11 is 0. The molecule has 0 spiro atoms. The number of carbonyl (C=O) groups is 1. The van der Waals surface area contributed by atoms with Crippen molar-refractivity contribution >= 4 is 26.6 Å². The van der Waals surface area contributed by atoms with Crippen LogP contribution in [0.3, 0.4) is 0 Å². The van der Waals surface area contributed by atoms with E-state index in [1.165, 1.54) is 0 Å². The second-order valence-corrected chi connectivity index (χ2v) is 8.04. The summed E-state index contributed by atoms with van der Waals surface area (Å²) in [6.45, 7) is 1.31. The Hall–Kier alpha value is -1.86. The van der Waals surface area contributed by atoms with Gasteiger partial charge in [0.05, 0.1) is 18.1 Å². The summed E-state index contributed by atoms with van der Waals surface area (Å²) in [5, 5.41) is 3.71. The summed E-state index contributed by atoms with van der Waals surface area (Å²) in [5.41, 5.74) is 1.54. The molecule has 1 aromatic heterocycles. The fourth-order valence-corrected chi connectivity index (χ4v) is 4.65. The number of aromatic nitrogens is 1. The summed E-state index contributed by atoms with van der Waals surface area (Å²) in [7, 11) is -1.35. The van der Waals surface area contributed by atoms with Crippen molar-refractivity contribution in [3.8, 4) is 0 Å². The monoisotopic (exact) mass is 336 g/mol. The molecule has 2 aromatic rings. The molecule has 7 heteroatoms. The van der Waals surface area contributed by atoms with Gasteiger partial charge in [0.25, 0.3) is 5.91 Å². The number of nitrogens with zero attached hydrogens (tertiary/aromatic N) is 1. The fourth-order valence-electron chi connectivity index (χ4n) is 2.98. The number of hydrogen-bond donors (Lipinski definition) is 1. The van der Waals surface area contributed by atoms with Crippen LogP contribution in [0.5, 0.6) is 0 Å². The molecule has 124 valence electrons. The molecule has 1 atom stereocenters. The molecule has 6 nitrogen and oxygen atoms in total. The largest absolute Gasteiger partial charge is 0.383 e. The number of hydrogen-bond acceptors (Lipinski definition) is 4. The van der Waals surface area contributed by atoms with Crippen LogP contribution >= 0.6 is 0 Å². The second kappa shape index (κ2) is 6.33. The summed E-state index contributed by atoms with van der Waals surface area (Å²) in [6.07, 6.45) is 2.42. The molecule has 2 heterocycles. The minimum Gasteiger partial charge on any atom is -0.383 e. The number of methoxy groups -OCH3 is 1. The maximum Gasteiger partial charge on any atom is 0.252 e. The van der Waals surface area contributed by atoms with Crippen molar-refractivity contribution in [3.63, 3.8) is 0 Å². The van der Waals surface area contributed by atoms with Crippen molar-refractivity contribution in [2.75, 3.05) is 25.2 Å². The van der Waals surface area contributed by atoms with Crippen molar-refractivity contribution < 1.29 is 17.9 Å². The van der Waals surface area contributed by atoms with Gasteiger partial charge in [-0.2, -0.15) is 0 Å². The number of fused-ring (bicyclic) bond motifs is 1. The number of sulfone groups is 1. The number of benzene rings is 1. The lowest BCUT2D eigenvalue weighted by atomic mass is 10.1. The van der Waals surface area contributed by atoms with E-state index in [1.807, 2.05) is 29.0 Å². The van der Waals surface area contributed by atoms with Gasteiger partial charge in [-0.25, -0.2) is 8.42 Å². The number of carbonyl (C=O) groups excluding carboxylic acids is 1. The van der Waals surface area contributed by atoms with Crippen LogP contribution in [-0.4, -0.2) is 50.2 Å². The number of rotatable bonds is 5. The molecule has 1 aliphatic rings. The molecular weight excluding hydrogens is 316 g/mol. The average molecular weight is 336 g/mol. The number of nitrogens with one attached hydrogen (secondary N) is 1. The van der Waals surface area contributed by atoms with Gasteiger partial charge in [0.15, 0.2) is 9.84 Å². The van der Waals surface area contributed by atoms with Gasteiger partial charge < -0.3 is 14.6 Å². The molecule has 0 aliphatic carbocycles. The lowest BCUT2D eigenvalue weighted by molar-refractivity contribution is 0.0943.